The van der Waals surface area contributed by atoms with Gasteiger partial charge < -0.3 is 25.6 Å². The van der Waals surface area contributed by atoms with Crippen LogP contribution in [0.4, 0.5) is 26.0 Å². The van der Waals surface area contributed by atoms with Crippen LogP contribution in [-0.2, 0) is 11.3 Å². The van der Waals surface area contributed by atoms with Gasteiger partial charge in [0.2, 0.25) is 0 Å². The number of carbonyl (C=O) groups is 1. The standard InChI is InChI=1S/C30H32F2N6O2/c31-21-15-20(16-22(32)17-21)19-38-28-4-2-1-3-26(28)29(36-38)35-30(39)25-6-5-24(37-11-9-33-10-12-37)18-27(25)34-23-7-13-40-14-8-23/h1-6,15-18,23,33-34H,7-14,19H2,(H,35,36,39). The van der Waals surface area contributed by atoms with Crippen molar-refractivity contribution in [3.8, 4) is 0 Å². The van der Waals surface area contributed by atoms with E-state index in [-0.39, 0.29) is 18.5 Å². The van der Waals surface area contributed by atoms with Gasteiger partial charge in [-0.25, -0.2) is 8.78 Å². The number of piperazine rings is 1. The van der Waals surface area contributed by atoms with Crippen LogP contribution in [0.25, 0.3) is 10.9 Å². The lowest BCUT2D eigenvalue weighted by Crippen LogP contribution is -2.43. The number of ether oxygens (including phenoxy) is 1. The molecule has 2 aliphatic heterocycles. The van der Waals surface area contributed by atoms with E-state index in [1.165, 1.54) is 12.1 Å². The molecule has 8 nitrogen and oxygen atoms in total. The van der Waals surface area contributed by atoms with Crippen molar-refractivity contribution in [1.82, 2.24) is 15.1 Å². The molecule has 3 heterocycles. The van der Waals surface area contributed by atoms with Crippen LogP contribution in [-0.4, -0.2) is 61.1 Å². The lowest BCUT2D eigenvalue weighted by molar-refractivity contribution is 0.0904. The van der Waals surface area contributed by atoms with E-state index in [9.17, 15) is 13.6 Å². The van der Waals surface area contributed by atoms with Crippen molar-refractivity contribution in [2.24, 2.45) is 0 Å². The van der Waals surface area contributed by atoms with E-state index in [4.69, 9.17) is 4.74 Å². The number of aromatic nitrogens is 2. The normalized spacial score (nSPS) is 16.3. The van der Waals surface area contributed by atoms with E-state index < -0.39 is 11.6 Å². The van der Waals surface area contributed by atoms with Gasteiger partial charge in [-0.05, 0) is 60.9 Å². The van der Waals surface area contributed by atoms with Crippen LogP contribution in [0.2, 0.25) is 0 Å². The summed E-state index contributed by atoms with van der Waals surface area (Å²) in [5.74, 6) is -1.18. The third-order valence-electron chi connectivity index (χ3n) is 7.46. The van der Waals surface area contributed by atoms with Crippen LogP contribution >= 0.6 is 0 Å². The summed E-state index contributed by atoms with van der Waals surface area (Å²) < 4.78 is 34.8. The third-order valence-corrected chi connectivity index (χ3v) is 7.46. The average molecular weight is 547 g/mol. The van der Waals surface area contributed by atoms with E-state index in [1.54, 1.807) is 4.68 Å². The molecule has 3 N–H and O–H groups in total. The maximum atomic E-state index is 13.8. The Bertz CT molecular complexity index is 1490. The van der Waals surface area contributed by atoms with E-state index >= 15 is 0 Å². The summed E-state index contributed by atoms with van der Waals surface area (Å²) in [4.78, 5) is 16.0. The van der Waals surface area contributed by atoms with Crippen molar-refractivity contribution in [2.45, 2.75) is 25.4 Å². The smallest absolute Gasteiger partial charge is 0.258 e. The van der Waals surface area contributed by atoms with Crippen molar-refractivity contribution in [1.29, 1.82) is 0 Å². The second-order valence-corrected chi connectivity index (χ2v) is 10.3. The lowest BCUT2D eigenvalue weighted by Gasteiger charge is -2.31. The third kappa shape index (κ3) is 5.78. The molecule has 1 aromatic heterocycles. The van der Waals surface area contributed by atoms with Crippen molar-refractivity contribution in [2.75, 3.05) is 54.9 Å². The molecule has 2 aliphatic rings. The fourth-order valence-corrected chi connectivity index (χ4v) is 5.42. The highest BCUT2D eigenvalue weighted by Crippen LogP contribution is 2.29. The first-order chi connectivity index (χ1) is 19.5. The van der Waals surface area contributed by atoms with Crippen LogP contribution < -0.4 is 20.9 Å². The molecule has 0 aliphatic carbocycles. The number of amides is 1. The van der Waals surface area contributed by atoms with Gasteiger partial charge in [-0.15, -0.1) is 0 Å². The molecular formula is C30H32F2N6O2. The molecule has 6 rings (SSSR count). The number of benzene rings is 3. The Morgan fingerprint density at radius 1 is 1.00 bits per heavy atom. The second kappa shape index (κ2) is 11.6. The highest BCUT2D eigenvalue weighted by Gasteiger charge is 2.22. The van der Waals surface area contributed by atoms with Gasteiger partial charge in [0.05, 0.1) is 17.6 Å². The van der Waals surface area contributed by atoms with Crippen LogP contribution in [0.15, 0.2) is 60.7 Å². The molecule has 208 valence electrons. The molecule has 4 aromatic rings. The van der Waals surface area contributed by atoms with E-state index in [1.807, 2.05) is 36.4 Å². The number of para-hydroxylation sites is 1. The van der Waals surface area contributed by atoms with Crippen molar-refractivity contribution in [3.05, 3.63) is 83.4 Å². The fourth-order valence-electron chi connectivity index (χ4n) is 5.42. The Hall–Kier alpha value is -4.02. The van der Waals surface area contributed by atoms with Crippen LogP contribution in [0.3, 0.4) is 0 Å². The Labute approximate surface area is 231 Å². The Kier molecular flexibility index (Phi) is 7.61. The summed E-state index contributed by atoms with van der Waals surface area (Å²) in [5, 5.41) is 15.4. The molecular weight excluding hydrogens is 514 g/mol. The van der Waals surface area contributed by atoms with Crippen molar-refractivity contribution < 1.29 is 18.3 Å². The SMILES string of the molecule is O=C(Nc1nn(Cc2cc(F)cc(F)c2)c2ccccc12)c1ccc(N2CCNCC2)cc1NC1CCOCC1. The Morgan fingerprint density at radius 2 is 1.75 bits per heavy atom. The van der Waals surface area contributed by atoms with Gasteiger partial charge >= 0.3 is 0 Å². The molecule has 0 saturated carbocycles. The summed E-state index contributed by atoms with van der Waals surface area (Å²) in [7, 11) is 0. The number of halogens is 2. The minimum absolute atomic E-state index is 0.154. The molecule has 40 heavy (non-hydrogen) atoms. The van der Waals surface area contributed by atoms with Gasteiger partial charge in [-0.2, -0.15) is 5.10 Å². The summed E-state index contributed by atoms with van der Waals surface area (Å²) in [5.41, 5.74) is 3.56. The predicted octanol–water partition coefficient (Wildman–Crippen LogP) is 4.62. The van der Waals surface area contributed by atoms with Crippen LogP contribution in [0.1, 0.15) is 28.8 Å². The minimum atomic E-state index is -0.645. The molecule has 3 aromatic carbocycles. The van der Waals surface area contributed by atoms with Crippen LogP contribution in [0.5, 0.6) is 0 Å². The molecule has 0 atom stereocenters. The number of carbonyl (C=O) groups excluding carboxylic acids is 1. The molecule has 10 heteroatoms. The molecule has 1 amide bonds. The van der Waals surface area contributed by atoms with Gasteiger partial charge in [0.25, 0.3) is 5.91 Å². The summed E-state index contributed by atoms with van der Waals surface area (Å²) in [6, 6.07) is 17.0. The van der Waals surface area contributed by atoms with Gasteiger partial charge in [-0.3, -0.25) is 9.48 Å². The maximum absolute atomic E-state index is 13.8. The second-order valence-electron chi connectivity index (χ2n) is 10.3. The van der Waals surface area contributed by atoms with Gasteiger partial charge in [0, 0.05) is 68.3 Å². The first-order valence-electron chi connectivity index (χ1n) is 13.7. The molecule has 2 fully saturated rings. The summed E-state index contributed by atoms with van der Waals surface area (Å²) in [6.07, 6.45) is 1.74. The molecule has 0 bridgehead atoms. The zero-order chi connectivity index (χ0) is 27.5. The van der Waals surface area contributed by atoms with Crippen molar-refractivity contribution >= 4 is 34.0 Å². The van der Waals surface area contributed by atoms with E-state index in [0.717, 1.165) is 67.4 Å². The van der Waals surface area contributed by atoms with Crippen molar-refractivity contribution in [3.63, 3.8) is 0 Å². The Morgan fingerprint density at radius 3 is 2.52 bits per heavy atom. The van der Waals surface area contributed by atoms with E-state index in [0.29, 0.717) is 30.2 Å². The fraction of sp³-hybridized carbons (Fsp3) is 0.333. The first kappa shape index (κ1) is 26.2. The number of hydrogen-bond acceptors (Lipinski definition) is 6. The topological polar surface area (TPSA) is 83.5 Å². The molecule has 0 radical (unpaired) electrons. The average Bonchev–Trinajstić information content (AvgIpc) is 3.30. The van der Waals surface area contributed by atoms with Crippen LogP contribution in [0, 0.1) is 11.6 Å². The first-order valence-corrected chi connectivity index (χ1v) is 13.7. The number of nitrogens with one attached hydrogen (secondary N) is 3. The van der Waals surface area contributed by atoms with Gasteiger partial charge in [0.1, 0.15) is 11.6 Å². The van der Waals surface area contributed by atoms with E-state index in [2.05, 4.69) is 32.0 Å². The van der Waals surface area contributed by atoms with Gasteiger partial charge in [-0.1, -0.05) is 12.1 Å². The molecule has 0 spiro atoms. The lowest BCUT2D eigenvalue weighted by atomic mass is 10.1. The highest BCUT2D eigenvalue weighted by molar-refractivity contribution is 6.11. The summed E-state index contributed by atoms with van der Waals surface area (Å²) >= 11 is 0. The number of fused-ring (bicyclic) bond motifs is 1. The quantitative estimate of drug-likeness (QED) is 0.314. The number of anilines is 3. The largest absolute Gasteiger partial charge is 0.381 e. The number of hydrogen-bond donors (Lipinski definition) is 3. The zero-order valence-electron chi connectivity index (χ0n) is 22.1. The predicted molar refractivity (Wildman–Crippen MR) is 152 cm³/mol. The molecule has 2 saturated heterocycles. The highest BCUT2D eigenvalue weighted by atomic mass is 19.1. The number of rotatable bonds is 7. The summed E-state index contributed by atoms with van der Waals surface area (Å²) in [6.45, 7) is 5.18. The molecule has 0 unspecified atom stereocenters. The zero-order valence-corrected chi connectivity index (χ0v) is 22.1. The monoisotopic (exact) mass is 546 g/mol. The number of nitrogens with zero attached hydrogens (tertiary/aromatic N) is 3. The Balaban J connectivity index is 1.30. The van der Waals surface area contributed by atoms with Gasteiger partial charge in [0.15, 0.2) is 5.82 Å². The minimum Gasteiger partial charge on any atom is -0.381 e. The maximum Gasteiger partial charge on any atom is 0.258 e.